The minimum absolute atomic E-state index is 0. The van der Waals surface area contributed by atoms with Crippen LogP contribution in [0.25, 0.3) is 17.1 Å². The number of rotatable bonds is 4. The number of pyridine rings is 2. The maximum atomic E-state index is 11.8. The van der Waals surface area contributed by atoms with E-state index in [-0.39, 0.29) is 51.5 Å². The van der Waals surface area contributed by atoms with Crippen LogP contribution in [0.3, 0.4) is 0 Å². The number of hydrogen-bond donors (Lipinski definition) is 1. The summed E-state index contributed by atoms with van der Waals surface area (Å²) in [6.07, 6.45) is 4.78. The quantitative estimate of drug-likeness (QED) is 0.209. The molecule has 4 nitrogen and oxygen atoms in total. The fraction of sp³-hybridized carbons (Fsp3) is 0. The number of carbonyl (C=O) groups is 1. The van der Waals surface area contributed by atoms with Crippen molar-refractivity contribution in [1.29, 1.82) is 0 Å². The molecule has 1 N–H and O–H groups in total. The molecule has 0 amide bonds. The van der Waals surface area contributed by atoms with E-state index in [9.17, 15) is 9.90 Å². The topological polar surface area (TPSA) is 63.1 Å². The summed E-state index contributed by atoms with van der Waals surface area (Å²) in [6.45, 7) is 0. The third-order valence-electron chi connectivity index (χ3n) is 3.99. The Labute approximate surface area is 208 Å². The van der Waals surface area contributed by atoms with Crippen LogP contribution in [-0.4, -0.2) is 20.9 Å². The minimum atomic E-state index is -0.202. The molecule has 4 aromatic rings. The second-order valence-corrected chi connectivity index (χ2v) is 6.06. The van der Waals surface area contributed by atoms with Crippen LogP contribution in [0.15, 0.2) is 116 Å². The fourth-order valence-corrected chi connectivity index (χ4v) is 2.53. The van der Waals surface area contributed by atoms with E-state index >= 15 is 0 Å². The maximum absolute atomic E-state index is 11.8. The molecule has 0 aliphatic rings. The van der Waals surface area contributed by atoms with Gasteiger partial charge in [0.1, 0.15) is 5.76 Å². The summed E-state index contributed by atoms with van der Waals surface area (Å²) in [7, 11) is 0. The van der Waals surface area contributed by atoms with Gasteiger partial charge in [-0.15, -0.1) is 0 Å². The normalized spacial score (nSPS) is 10.2. The van der Waals surface area contributed by atoms with Crippen LogP contribution in [0.5, 0.6) is 0 Å². The molecular formula is C25H20GdN2O2. The van der Waals surface area contributed by atoms with Crippen molar-refractivity contribution in [3.63, 3.8) is 0 Å². The van der Waals surface area contributed by atoms with Crippen molar-refractivity contribution in [2.45, 2.75) is 0 Å². The van der Waals surface area contributed by atoms with Crippen LogP contribution < -0.4 is 0 Å². The molecule has 4 rings (SSSR count). The molecule has 5 heteroatoms. The van der Waals surface area contributed by atoms with Crippen LogP contribution in [0.4, 0.5) is 0 Å². The smallest absolute Gasteiger partial charge is 0.189 e. The van der Waals surface area contributed by atoms with Gasteiger partial charge in [0.25, 0.3) is 0 Å². The van der Waals surface area contributed by atoms with E-state index in [1.165, 1.54) is 6.08 Å². The average Bonchev–Trinajstić information content (AvgIpc) is 2.82. The second-order valence-electron chi connectivity index (χ2n) is 6.06. The first-order valence-corrected chi connectivity index (χ1v) is 9.12. The summed E-state index contributed by atoms with van der Waals surface area (Å²) in [5.74, 6) is -0.216. The van der Waals surface area contributed by atoms with E-state index in [2.05, 4.69) is 9.97 Å². The molecule has 0 spiro atoms. The number of nitrogens with zero attached hydrogens (tertiary/aromatic N) is 2. The molecule has 2 heterocycles. The summed E-state index contributed by atoms with van der Waals surface area (Å²) >= 11 is 0. The molecule has 0 unspecified atom stereocenters. The van der Waals surface area contributed by atoms with Crippen molar-refractivity contribution < 1.29 is 49.8 Å². The number of benzene rings is 2. The van der Waals surface area contributed by atoms with E-state index in [0.29, 0.717) is 11.1 Å². The first-order chi connectivity index (χ1) is 14.2. The zero-order valence-corrected chi connectivity index (χ0v) is 18.3. The molecule has 0 saturated carbocycles. The molecule has 150 valence electrons. The number of ketones is 1. The van der Waals surface area contributed by atoms with Crippen LogP contribution >= 0.6 is 0 Å². The standard InChI is InChI=1S/C15H12O2.C10H8N2.Gd/c16-14(12-7-3-1-4-8-12)11-15(17)13-9-5-2-6-10-13;1-3-7-11-9(5-1)10-6-2-4-8-12-10;/h1-11,16H;1-8H;/b14-11-;;. The van der Waals surface area contributed by atoms with Gasteiger partial charge in [-0.1, -0.05) is 72.8 Å². The van der Waals surface area contributed by atoms with Gasteiger partial charge in [-0.2, -0.15) is 0 Å². The van der Waals surface area contributed by atoms with E-state index in [1.54, 1.807) is 48.8 Å². The monoisotopic (exact) mass is 538 g/mol. The Morgan fingerprint density at radius 3 is 1.50 bits per heavy atom. The number of hydrogen-bond acceptors (Lipinski definition) is 4. The molecule has 0 atom stereocenters. The van der Waals surface area contributed by atoms with Crippen molar-refractivity contribution in [3.05, 3.63) is 127 Å². The largest absolute Gasteiger partial charge is 0.507 e. The molecule has 2 aromatic carbocycles. The molecule has 0 fully saturated rings. The number of aromatic nitrogens is 2. The summed E-state index contributed by atoms with van der Waals surface area (Å²) in [5, 5.41) is 9.79. The van der Waals surface area contributed by atoms with Crippen LogP contribution in [0, 0.1) is 39.9 Å². The fourth-order valence-electron chi connectivity index (χ4n) is 2.53. The van der Waals surface area contributed by atoms with Crippen molar-refractivity contribution >= 4 is 11.5 Å². The van der Waals surface area contributed by atoms with Gasteiger partial charge in [-0.05, 0) is 24.3 Å². The molecule has 2 aromatic heterocycles. The first-order valence-electron chi connectivity index (χ1n) is 9.12. The van der Waals surface area contributed by atoms with Crippen molar-refractivity contribution in [3.8, 4) is 11.4 Å². The van der Waals surface area contributed by atoms with Gasteiger partial charge in [0, 0.05) is 69.5 Å². The van der Waals surface area contributed by atoms with Gasteiger partial charge in [-0.3, -0.25) is 14.8 Å². The maximum Gasteiger partial charge on any atom is 0.189 e. The molecule has 0 bridgehead atoms. The zero-order valence-electron chi connectivity index (χ0n) is 16.1. The van der Waals surface area contributed by atoms with E-state index in [1.807, 2.05) is 60.7 Å². The van der Waals surface area contributed by atoms with E-state index in [4.69, 9.17) is 0 Å². The number of carbonyl (C=O) groups excluding carboxylic acids is 1. The Hall–Kier alpha value is -2.73. The summed E-state index contributed by atoms with van der Waals surface area (Å²) < 4.78 is 0. The minimum Gasteiger partial charge on any atom is -0.507 e. The Kier molecular flexibility index (Phi) is 10.0. The molecular weight excluding hydrogens is 518 g/mol. The van der Waals surface area contributed by atoms with E-state index in [0.717, 1.165) is 11.4 Å². The summed E-state index contributed by atoms with van der Waals surface area (Å²) in [6, 6.07) is 29.5. The summed E-state index contributed by atoms with van der Waals surface area (Å²) in [5.41, 5.74) is 3.03. The van der Waals surface area contributed by atoms with Crippen LogP contribution in [0.1, 0.15) is 15.9 Å². The Morgan fingerprint density at radius 1 is 0.633 bits per heavy atom. The van der Waals surface area contributed by atoms with Gasteiger partial charge in [0.05, 0.1) is 11.4 Å². The van der Waals surface area contributed by atoms with Crippen LogP contribution in [-0.2, 0) is 0 Å². The van der Waals surface area contributed by atoms with Gasteiger partial charge >= 0.3 is 0 Å². The molecule has 0 aliphatic heterocycles. The third-order valence-corrected chi connectivity index (χ3v) is 3.99. The van der Waals surface area contributed by atoms with Crippen molar-refractivity contribution in [2.24, 2.45) is 0 Å². The van der Waals surface area contributed by atoms with E-state index < -0.39 is 0 Å². The SMILES string of the molecule is O=C(/C=C(\O)c1ccccc1)c1ccccc1.[Gd].c1ccc(-c2ccccn2)nc1. The van der Waals surface area contributed by atoms with Crippen molar-refractivity contribution in [2.75, 3.05) is 0 Å². The molecule has 0 aliphatic carbocycles. The van der Waals surface area contributed by atoms with Crippen molar-refractivity contribution in [1.82, 2.24) is 9.97 Å². The van der Waals surface area contributed by atoms with Gasteiger partial charge in [-0.25, -0.2) is 0 Å². The predicted molar refractivity (Wildman–Crippen MR) is 115 cm³/mol. The molecule has 0 radical (unpaired) electrons. The average molecular weight is 538 g/mol. The predicted octanol–water partition coefficient (Wildman–Crippen LogP) is 5.61. The first kappa shape index (κ1) is 23.6. The Balaban J connectivity index is 0.000000218. The summed E-state index contributed by atoms with van der Waals surface area (Å²) in [4.78, 5) is 20.2. The molecule has 0 saturated heterocycles. The Bertz CT molecular complexity index is 1020. The Morgan fingerprint density at radius 2 is 1.07 bits per heavy atom. The van der Waals surface area contributed by atoms with Gasteiger partial charge < -0.3 is 5.11 Å². The third kappa shape index (κ3) is 7.27. The zero-order chi connectivity index (χ0) is 20.3. The molecule has 30 heavy (non-hydrogen) atoms. The number of allylic oxidation sites excluding steroid dienone is 1. The van der Waals surface area contributed by atoms with Crippen LogP contribution in [0.2, 0.25) is 0 Å². The number of aliphatic hydroxyl groups is 1. The second kappa shape index (κ2) is 12.8. The van der Waals surface area contributed by atoms with Gasteiger partial charge in [0.15, 0.2) is 5.78 Å². The number of aliphatic hydroxyl groups excluding tert-OH is 1. The van der Waals surface area contributed by atoms with Gasteiger partial charge in [0.2, 0.25) is 0 Å².